The second kappa shape index (κ2) is 7.17. The van der Waals surface area contributed by atoms with Crippen molar-refractivity contribution in [2.75, 3.05) is 0 Å². The number of carboxylic acids is 1. The highest BCUT2D eigenvalue weighted by molar-refractivity contribution is 6.06. The van der Waals surface area contributed by atoms with Gasteiger partial charge >= 0.3 is 11.9 Å². The summed E-state index contributed by atoms with van der Waals surface area (Å²) in [5.41, 5.74) is -1.06. The lowest BCUT2D eigenvalue weighted by atomic mass is 9.95. The molecule has 1 atom stereocenters. The Hall–Kier alpha value is -2.51. The topological polar surface area (TPSA) is 136 Å². The van der Waals surface area contributed by atoms with Crippen LogP contribution in [-0.4, -0.2) is 39.7 Å². The fraction of sp³-hybridized carbons (Fsp3) is 0.333. The van der Waals surface area contributed by atoms with Gasteiger partial charge in [-0.1, -0.05) is 18.2 Å². The van der Waals surface area contributed by atoms with E-state index >= 15 is 0 Å². The van der Waals surface area contributed by atoms with E-state index in [-0.39, 0.29) is 16.7 Å². The molecule has 0 aliphatic rings. The van der Waals surface area contributed by atoms with E-state index in [9.17, 15) is 19.5 Å². The number of rotatable bonds is 5. The molecule has 1 rings (SSSR count). The van der Waals surface area contributed by atoms with Crippen LogP contribution in [0.15, 0.2) is 24.3 Å². The van der Waals surface area contributed by atoms with Gasteiger partial charge in [0.2, 0.25) is 0 Å². The lowest BCUT2D eigenvalue weighted by Crippen LogP contribution is -2.51. The second-order valence-corrected chi connectivity index (χ2v) is 5.75. The molecular formula is C15H19N3O5. The fourth-order valence-electron chi connectivity index (χ4n) is 1.89. The van der Waals surface area contributed by atoms with Gasteiger partial charge < -0.3 is 9.84 Å². The van der Waals surface area contributed by atoms with Crippen molar-refractivity contribution in [1.82, 2.24) is 5.12 Å². The largest absolute Gasteiger partial charge is 0.480 e. The third-order valence-corrected chi connectivity index (χ3v) is 2.75. The minimum Gasteiger partial charge on any atom is -0.480 e. The normalized spacial score (nSPS) is 12.4. The van der Waals surface area contributed by atoms with Crippen LogP contribution in [0.4, 0.5) is 0 Å². The number of esters is 1. The quantitative estimate of drug-likeness (QED) is 0.306. The number of nitrogens with zero attached hydrogens (tertiary/aromatic N) is 1. The summed E-state index contributed by atoms with van der Waals surface area (Å²) in [5.74, 6) is 9.95. The summed E-state index contributed by atoms with van der Waals surface area (Å²) in [4.78, 5) is 34.9. The molecule has 0 fully saturated rings. The molecular weight excluding hydrogens is 302 g/mol. The highest BCUT2D eigenvalue weighted by atomic mass is 16.6. The molecule has 5 N–H and O–H groups in total. The Kier molecular flexibility index (Phi) is 5.78. The number of aliphatic carboxylic acids is 1. The summed E-state index contributed by atoms with van der Waals surface area (Å²) < 4.78 is 5.25. The molecule has 8 heteroatoms. The lowest BCUT2D eigenvalue weighted by Gasteiger charge is -2.23. The first-order chi connectivity index (χ1) is 10.6. The van der Waals surface area contributed by atoms with Crippen molar-refractivity contribution in [3.8, 4) is 0 Å². The zero-order chi connectivity index (χ0) is 17.8. The van der Waals surface area contributed by atoms with Crippen molar-refractivity contribution in [2.24, 2.45) is 11.7 Å². The highest BCUT2D eigenvalue weighted by Crippen LogP contribution is 2.24. The van der Waals surface area contributed by atoms with Crippen LogP contribution in [0.2, 0.25) is 0 Å². The summed E-state index contributed by atoms with van der Waals surface area (Å²) >= 11 is 0. The summed E-state index contributed by atoms with van der Waals surface area (Å²) in [5, 5.41) is 9.57. The summed E-state index contributed by atoms with van der Waals surface area (Å²) in [7, 11) is 0. The van der Waals surface area contributed by atoms with E-state index in [4.69, 9.17) is 16.4 Å². The maximum Gasteiger partial charge on any atom is 0.339 e. The maximum absolute atomic E-state index is 12.3. The number of nitrogens with two attached hydrogens (primary N) is 2. The van der Waals surface area contributed by atoms with Crippen LogP contribution in [-0.2, 0) is 14.3 Å². The van der Waals surface area contributed by atoms with Gasteiger partial charge in [-0.05, 0) is 26.8 Å². The second-order valence-electron chi connectivity index (χ2n) is 5.75. The summed E-state index contributed by atoms with van der Waals surface area (Å²) in [6.07, 6.45) is 0. The van der Waals surface area contributed by atoms with Gasteiger partial charge in [-0.3, -0.25) is 16.5 Å². The summed E-state index contributed by atoms with van der Waals surface area (Å²) in [6.45, 7) is 5.06. The Labute approximate surface area is 133 Å². The Morgan fingerprint density at radius 2 is 1.74 bits per heavy atom. The van der Waals surface area contributed by atoms with Crippen molar-refractivity contribution in [2.45, 2.75) is 32.4 Å². The number of hydrogen-bond donors (Lipinski definition) is 3. The van der Waals surface area contributed by atoms with Crippen molar-refractivity contribution in [1.29, 1.82) is 0 Å². The number of carbonyl (C=O) groups is 2. The number of hydrazine groups is 2. The minimum atomic E-state index is -1.66. The molecule has 124 valence electrons. The monoisotopic (exact) mass is 321 g/mol. The van der Waals surface area contributed by atoms with E-state index in [0.717, 1.165) is 0 Å². The molecule has 0 spiro atoms. The standard InChI is InChI=1S/C15H19N3O5/c1-15(2,3)23-14(22)10-7-5-4-6-9(10)11(8-19)12(13(20)21)18(16)17/h4-7,12H,16-17H2,1-3H3,(H,20,21). The van der Waals surface area contributed by atoms with Gasteiger partial charge in [-0.15, -0.1) is 0 Å². The first kappa shape index (κ1) is 18.5. The van der Waals surface area contributed by atoms with Crippen molar-refractivity contribution < 1.29 is 24.2 Å². The predicted octanol–water partition coefficient (Wildman–Crippen LogP) is 0.360. The molecule has 1 unspecified atom stereocenters. The van der Waals surface area contributed by atoms with E-state index < -0.39 is 23.6 Å². The molecule has 0 amide bonds. The van der Waals surface area contributed by atoms with Crippen LogP contribution in [0.5, 0.6) is 0 Å². The minimum absolute atomic E-state index is 0.0221. The third-order valence-electron chi connectivity index (χ3n) is 2.75. The van der Waals surface area contributed by atoms with E-state index in [1.807, 2.05) is 0 Å². The van der Waals surface area contributed by atoms with Gasteiger partial charge in [0, 0.05) is 5.56 Å². The molecule has 0 saturated heterocycles. The van der Waals surface area contributed by atoms with Crippen molar-refractivity contribution in [3.05, 3.63) is 35.4 Å². The molecule has 23 heavy (non-hydrogen) atoms. The van der Waals surface area contributed by atoms with Crippen molar-refractivity contribution in [3.63, 3.8) is 0 Å². The lowest BCUT2D eigenvalue weighted by molar-refractivity contribution is -0.141. The molecule has 0 saturated carbocycles. The summed E-state index contributed by atoms with van der Waals surface area (Å²) in [6, 6.07) is 4.26. The maximum atomic E-state index is 12.3. The Bertz CT molecular complexity index is 657. The molecule has 1 aromatic rings. The number of hydrogen-bond acceptors (Lipinski definition) is 7. The molecule has 8 nitrogen and oxygen atoms in total. The van der Waals surface area contributed by atoms with E-state index in [1.165, 1.54) is 24.1 Å². The van der Waals surface area contributed by atoms with Crippen LogP contribution in [0.3, 0.4) is 0 Å². The van der Waals surface area contributed by atoms with Crippen LogP contribution < -0.4 is 11.7 Å². The van der Waals surface area contributed by atoms with Crippen molar-refractivity contribution >= 4 is 23.5 Å². The van der Waals surface area contributed by atoms with Gasteiger partial charge in [-0.25, -0.2) is 9.59 Å². The first-order valence-electron chi connectivity index (χ1n) is 6.67. The Morgan fingerprint density at radius 1 is 1.22 bits per heavy atom. The molecule has 0 aromatic heterocycles. The van der Waals surface area contributed by atoms with Crippen LogP contribution >= 0.6 is 0 Å². The Morgan fingerprint density at radius 3 is 2.13 bits per heavy atom. The van der Waals surface area contributed by atoms with Crippen LogP contribution in [0, 0.1) is 0 Å². The predicted molar refractivity (Wildman–Crippen MR) is 82.3 cm³/mol. The number of benzene rings is 1. The number of ether oxygens (including phenoxy) is 1. The molecule has 0 heterocycles. The van der Waals surface area contributed by atoms with Crippen LogP contribution in [0.25, 0.3) is 5.57 Å². The van der Waals surface area contributed by atoms with Gasteiger partial charge in [0.25, 0.3) is 0 Å². The number of carboxylic acid groups (broad SMARTS) is 1. The molecule has 1 aromatic carbocycles. The zero-order valence-corrected chi connectivity index (χ0v) is 13.1. The fourth-order valence-corrected chi connectivity index (χ4v) is 1.89. The van der Waals surface area contributed by atoms with E-state index in [1.54, 1.807) is 26.8 Å². The number of carbonyl (C=O) groups excluding carboxylic acids is 2. The van der Waals surface area contributed by atoms with Gasteiger partial charge in [0.05, 0.1) is 11.1 Å². The first-order valence-corrected chi connectivity index (χ1v) is 6.67. The molecule has 0 bridgehead atoms. The highest BCUT2D eigenvalue weighted by Gasteiger charge is 2.31. The molecule has 0 aliphatic carbocycles. The third kappa shape index (κ3) is 4.73. The van der Waals surface area contributed by atoms with Gasteiger partial charge in [-0.2, -0.15) is 5.12 Å². The molecule has 0 radical (unpaired) electrons. The zero-order valence-electron chi connectivity index (χ0n) is 13.1. The van der Waals surface area contributed by atoms with E-state index in [2.05, 4.69) is 0 Å². The van der Waals surface area contributed by atoms with E-state index in [0.29, 0.717) is 5.12 Å². The van der Waals surface area contributed by atoms with Gasteiger partial charge in [0.1, 0.15) is 11.5 Å². The molecule has 0 aliphatic heterocycles. The average Bonchev–Trinajstić information content (AvgIpc) is 2.41. The SMILES string of the molecule is CC(C)(C)OC(=O)c1ccccc1C(=C=O)C(C(=O)O)N(N)N. The van der Waals surface area contributed by atoms with Gasteiger partial charge in [0.15, 0.2) is 6.04 Å². The average molecular weight is 321 g/mol. The van der Waals surface area contributed by atoms with Crippen LogP contribution in [0.1, 0.15) is 36.7 Å². The Balaban J connectivity index is 3.40. The smallest absolute Gasteiger partial charge is 0.339 e.